The van der Waals surface area contributed by atoms with E-state index in [9.17, 15) is 0 Å². The maximum absolute atomic E-state index is 4.18. The number of nitrogens with one attached hydrogen (secondary N) is 1. The number of fused-ring (bicyclic) bond motifs is 3. The zero-order chi connectivity index (χ0) is 11.7. The van der Waals surface area contributed by atoms with Crippen molar-refractivity contribution in [2.45, 2.75) is 12.8 Å². The van der Waals surface area contributed by atoms with Crippen molar-refractivity contribution in [3.05, 3.63) is 66.4 Å². The van der Waals surface area contributed by atoms with Crippen LogP contribution in [0.4, 0.5) is 0 Å². The van der Waals surface area contributed by atoms with Crippen LogP contribution in [0.3, 0.4) is 0 Å². The minimum Gasteiger partial charge on any atom is -0.355 e. The molecule has 0 fully saturated rings. The number of benzene rings is 1. The molecule has 1 aliphatic rings. The minimum atomic E-state index is 0.907. The highest BCUT2D eigenvalue weighted by Gasteiger charge is 2.12. The van der Waals surface area contributed by atoms with Crippen LogP contribution in [-0.2, 0) is 6.42 Å². The second-order valence-corrected chi connectivity index (χ2v) is 4.39. The van der Waals surface area contributed by atoms with Crippen LogP contribution < -0.4 is 0 Å². The van der Waals surface area contributed by atoms with E-state index in [0.717, 1.165) is 18.4 Å². The Hall–Kier alpha value is -2.02. The van der Waals surface area contributed by atoms with Crippen molar-refractivity contribution >= 4 is 16.5 Å². The summed E-state index contributed by atoms with van der Waals surface area (Å²) >= 11 is 0. The lowest BCUT2D eigenvalue weighted by molar-refractivity contribution is 1.23. The van der Waals surface area contributed by atoms with E-state index in [1.165, 1.54) is 22.2 Å². The molecule has 1 heterocycles. The second kappa shape index (κ2) is 4.10. The summed E-state index contributed by atoms with van der Waals surface area (Å²) in [5.41, 5.74) is 4.95. The number of hydrogen-bond donors (Lipinski definition) is 1. The standard InChI is InChI=1S/C16H15N/c1-12-8-4-2-3-5-10-14-13-9-6-7-11-15(13)17-16(12)14/h2-7,9,11,17H,1,8,10H2/b4-2-,5-3-. The van der Waals surface area contributed by atoms with Crippen molar-refractivity contribution in [3.63, 3.8) is 0 Å². The molecule has 0 saturated heterocycles. The van der Waals surface area contributed by atoms with Crippen LogP contribution in [0.5, 0.6) is 0 Å². The first-order valence-corrected chi connectivity index (χ1v) is 5.95. The van der Waals surface area contributed by atoms with Gasteiger partial charge in [0.2, 0.25) is 0 Å². The van der Waals surface area contributed by atoms with Gasteiger partial charge in [0.15, 0.2) is 0 Å². The van der Waals surface area contributed by atoms with Crippen LogP contribution >= 0.6 is 0 Å². The Bertz CT molecular complexity index is 626. The highest BCUT2D eigenvalue weighted by atomic mass is 14.7. The van der Waals surface area contributed by atoms with Gasteiger partial charge >= 0.3 is 0 Å². The van der Waals surface area contributed by atoms with Crippen LogP contribution in [0.2, 0.25) is 0 Å². The van der Waals surface area contributed by atoms with Gasteiger partial charge in [-0.1, -0.05) is 49.1 Å². The third kappa shape index (κ3) is 1.74. The number of H-pyrrole nitrogens is 1. The van der Waals surface area contributed by atoms with Crippen LogP contribution in [0.25, 0.3) is 16.5 Å². The lowest BCUT2D eigenvalue weighted by atomic mass is 10.0. The molecule has 0 aliphatic heterocycles. The van der Waals surface area contributed by atoms with Gasteiger partial charge in [-0.25, -0.2) is 0 Å². The number of rotatable bonds is 0. The predicted octanol–water partition coefficient (Wildman–Crippen LogP) is 4.24. The smallest absolute Gasteiger partial charge is 0.0461 e. The van der Waals surface area contributed by atoms with Gasteiger partial charge in [0.1, 0.15) is 0 Å². The number of aromatic nitrogens is 1. The summed E-state index contributed by atoms with van der Waals surface area (Å²) in [7, 11) is 0. The Labute approximate surface area is 101 Å². The van der Waals surface area contributed by atoms with Crippen LogP contribution in [-0.4, -0.2) is 4.98 Å². The lowest BCUT2D eigenvalue weighted by Gasteiger charge is -2.03. The van der Waals surface area contributed by atoms with E-state index in [0.29, 0.717) is 0 Å². The van der Waals surface area contributed by atoms with E-state index in [-0.39, 0.29) is 0 Å². The Kier molecular flexibility index (Phi) is 2.45. The van der Waals surface area contributed by atoms with E-state index in [2.05, 4.69) is 60.1 Å². The largest absolute Gasteiger partial charge is 0.355 e. The summed E-state index contributed by atoms with van der Waals surface area (Å²) in [4.78, 5) is 3.49. The van der Waals surface area contributed by atoms with Crippen molar-refractivity contribution in [3.8, 4) is 0 Å². The average Bonchev–Trinajstić information content (AvgIpc) is 2.74. The fourth-order valence-electron chi connectivity index (χ4n) is 2.37. The minimum absolute atomic E-state index is 0.907. The molecule has 3 rings (SSSR count). The van der Waals surface area contributed by atoms with Crippen molar-refractivity contribution in [1.29, 1.82) is 0 Å². The first-order valence-electron chi connectivity index (χ1n) is 5.95. The second-order valence-electron chi connectivity index (χ2n) is 4.39. The predicted molar refractivity (Wildman–Crippen MR) is 73.9 cm³/mol. The molecule has 1 nitrogen and oxygen atoms in total. The van der Waals surface area contributed by atoms with E-state index in [1.54, 1.807) is 0 Å². The molecule has 84 valence electrons. The Morgan fingerprint density at radius 2 is 1.76 bits per heavy atom. The SMILES string of the molecule is C=C1C/C=C\C=C/Cc2c1[nH]c1ccccc21. The molecule has 1 aromatic heterocycles. The molecule has 1 aromatic carbocycles. The van der Waals surface area contributed by atoms with Crippen molar-refractivity contribution < 1.29 is 0 Å². The quantitative estimate of drug-likeness (QED) is 0.685. The zero-order valence-corrected chi connectivity index (χ0v) is 9.74. The van der Waals surface area contributed by atoms with E-state index >= 15 is 0 Å². The van der Waals surface area contributed by atoms with Gasteiger partial charge in [0.05, 0.1) is 0 Å². The molecule has 0 unspecified atom stereocenters. The van der Waals surface area contributed by atoms with Crippen molar-refractivity contribution in [2.75, 3.05) is 0 Å². The summed E-state index contributed by atoms with van der Waals surface area (Å²) in [5.74, 6) is 0. The summed E-state index contributed by atoms with van der Waals surface area (Å²) in [6, 6.07) is 8.46. The fourth-order valence-corrected chi connectivity index (χ4v) is 2.37. The van der Waals surface area contributed by atoms with Gasteiger partial charge in [0.25, 0.3) is 0 Å². The maximum Gasteiger partial charge on any atom is 0.0461 e. The Morgan fingerprint density at radius 3 is 2.65 bits per heavy atom. The van der Waals surface area contributed by atoms with Gasteiger partial charge in [-0.3, -0.25) is 0 Å². The highest BCUT2D eigenvalue weighted by molar-refractivity contribution is 5.89. The topological polar surface area (TPSA) is 15.8 Å². The van der Waals surface area contributed by atoms with Crippen LogP contribution in [0.1, 0.15) is 17.7 Å². The first kappa shape index (κ1) is 10.2. The van der Waals surface area contributed by atoms with E-state index in [4.69, 9.17) is 0 Å². The molecule has 1 aliphatic carbocycles. The number of para-hydroxylation sites is 1. The van der Waals surface area contributed by atoms with Crippen LogP contribution in [0, 0.1) is 0 Å². The van der Waals surface area contributed by atoms with E-state index in [1.807, 2.05) is 0 Å². The molecule has 0 saturated carbocycles. The molecule has 2 aromatic rings. The van der Waals surface area contributed by atoms with Crippen molar-refractivity contribution in [2.24, 2.45) is 0 Å². The third-order valence-corrected chi connectivity index (χ3v) is 3.24. The molecule has 0 radical (unpaired) electrons. The molecule has 1 heteroatoms. The third-order valence-electron chi connectivity index (χ3n) is 3.24. The number of allylic oxidation sites excluding steroid dienone is 5. The van der Waals surface area contributed by atoms with Gasteiger partial charge < -0.3 is 4.98 Å². The van der Waals surface area contributed by atoms with Gasteiger partial charge in [-0.15, -0.1) is 0 Å². The van der Waals surface area contributed by atoms with Gasteiger partial charge in [0, 0.05) is 16.6 Å². The normalized spacial score (nSPS) is 19.2. The molecule has 0 atom stereocenters. The summed E-state index contributed by atoms with van der Waals surface area (Å²) in [5, 5.41) is 1.32. The van der Waals surface area contributed by atoms with E-state index < -0.39 is 0 Å². The molecule has 17 heavy (non-hydrogen) atoms. The molecule has 1 N–H and O–H groups in total. The molecule has 0 bridgehead atoms. The molecular formula is C16H15N. The summed E-state index contributed by atoms with van der Waals surface area (Å²) in [6.07, 6.45) is 10.4. The Balaban J connectivity index is 2.24. The lowest BCUT2D eigenvalue weighted by Crippen LogP contribution is -1.88. The maximum atomic E-state index is 4.18. The van der Waals surface area contributed by atoms with Gasteiger partial charge in [-0.2, -0.15) is 0 Å². The monoisotopic (exact) mass is 221 g/mol. The average molecular weight is 221 g/mol. The number of aromatic amines is 1. The summed E-state index contributed by atoms with van der Waals surface area (Å²) in [6.45, 7) is 4.18. The fraction of sp³-hybridized carbons (Fsp3) is 0.125. The van der Waals surface area contributed by atoms with Crippen molar-refractivity contribution in [1.82, 2.24) is 4.98 Å². The molecule has 0 spiro atoms. The van der Waals surface area contributed by atoms with Gasteiger partial charge in [-0.05, 0) is 30.0 Å². The summed E-state index contributed by atoms with van der Waals surface area (Å²) < 4.78 is 0. The molecule has 0 amide bonds. The number of hydrogen-bond acceptors (Lipinski definition) is 0. The highest BCUT2D eigenvalue weighted by Crippen LogP contribution is 2.29. The Morgan fingerprint density at radius 1 is 1.00 bits per heavy atom. The first-order chi connectivity index (χ1) is 8.36. The zero-order valence-electron chi connectivity index (χ0n) is 9.74. The van der Waals surface area contributed by atoms with Crippen LogP contribution in [0.15, 0.2) is 55.1 Å². The molecular weight excluding hydrogens is 206 g/mol.